The second-order valence-corrected chi connectivity index (χ2v) is 10.7. The van der Waals surface area contributed by atoms with Crippen molar-refractivity contribution in [1.82, 2.24) is 14.9 Å². The van der Waals surface area contributed by atoms with Crippen LogP contribution in [0.15, 0.2) is 65.7 Å². The summed E-state index contributed by atoms with van der Waals surface area (Å²) >= 11 is 0. The van der Waals surface area contributed by atoms with Gasteiger partial charge in [0.15, 0.2) is 0 Å². The number of nitrogens with one attached hydrogen (secondary N) is 2. The fourth-order valence-corrected chi connectivity index (χ4v) is 6.21. The summed E-state index contributed by atoms with van der Waals surface area (Å²) in [4.78, 5) is 2.69. The van der Waals surface area contributed by atoms with E-state index in [4.69, 9.17) is 5.73 Å². The zero-order chi connectivity index (χ0) is 22.7. The first-order valence-electron chi connectivity index (χ1n) is 11.4. The van der Waals surface area contributed by atoms with E-state index in [0.717, 1.165) is 50.9 Å². The highest BCUT2D eigenvalue weighted by molar-refractivity contribution is 7.89. The van der Waals surface area contributed by atoms with Gasteiger partial charge in [-0.2, -0.15) is 0 Å². The number of allylic oxidation sites excluding steroid dienone is 1. The first kappa shape index (κ1) is 22.8. The maximum atomic E-state index is 12.8. The van der Waals surface area contributed by atoms with Crippen LogP contribution in [0.2, 0.25) is 0 Å². The van der Waals surface area contributed by atoms with E-state index >= 15 is 0 Å². The molecule has 1 heterocycles. The molecule has 2 aromatic carbocycles. The van der Waals surface area contributed by atoms with Crippen LogP contribution in [0, 0.1) is 12.8 Å². The van der Waals surface area contributed by atoms with E-state index in [-0.39, 0.29) is 10.9 Å². The molecule has 0 amide bonds. The molecule has 0 bridgehead atoms. The number of rotatable bonds is 6. The third kappa shape index (κ3) is 5.00. The van der Waals surface area contributed by atoms with Gasteiger partial charge in [0, 0.05) is 37.1 Å². The molecule has 2 aliphatic rings. The summed E-state index contributed by atoms with van der Waals surface area (Å²) in [6.45, 7) is 9.17. The number of nitrogens with zero attached hydrogens (tertiary/aromatic N) is 1. The van der Waals surface area contributed by atoms with Crippen molar-refractivity contribution < 1.29 is 8.42 Å². The average Bonchev–Trinajstić information content (AvgIpc) is 2.81. The van der Waals surface area contributed by atoms with Gasteiger partial charge in [-0.1, -0.05) is 43.0 Å². The molecule has 1 aliphatic carbocycles. The zero-order valence-corrected chi connectivity index (χ0v) is 19.6. The van der Waals surface area contributed by atoms with Gasteiger partial charge in [-0.3, -0.25) is 0 Å². The Balaban J connectivity index is 1.37. The zero-order valence-electron chi connectivity index (χ0n) is 18.8. The van der Waals surface area contributed by atoms with Gasteiger partial charge in [-0.15, -0.1) is 0 Å². The molecule has 4 rings (SSSR count). The Bertz CT molecular complexity index is 1050. The van der Waals surface area contributed by atoms with Crippen molar-refractivity contribution in [2.24, 2.45) is 5.92 Å². The summed E-state index contributed by atoms with van der Waals surface area (Å²) in [5.41, 5.74) is 9.78. The van der Waals surface area contributed by atoms with Gasteiger partial charge in [0.1, 0.15) is 0 Å². The third-order valence-electron chi connectivity index (χ3n) is 6.88. The van der Waals surface area contributed by atoms with Crippen LogP contribution in [-0.4, -0.2) is 39.0 Å². The highest BCUT2D eigenvalue weighted by atomic mass is 32.2. The van der Waals surface area contributed by atoms with Crippen LogP contribution in [-0.2, 0) is 10.0 Å². The van der Waals surface area contributed by atoms with Crippen LogP contribution in [0.25, 0.3) is 0 Å². The highest BCUT2D eigenvalue weighted by Crippen LogP contribution is 2.36. The van der Waals surface area contributed by atoms with Gasteiger partial charge in [0.25, 0.3) is 0 Å². The van der Waals surface area contributed by atoms with Crippen molar-refractivity contribution in [2.45, 2.75) is 49.6 Å². The minimum atomic E-state index is -3.57. The first-order valence-corrected chi connectivity index (χ1v) is 12.9. The summed E-state index contributed by atoms with van der Waals surface area (Å²) in [6, 6.07) is 15.7. The number of nitrogens with two attached hydrogens (primary N) is 1. The van der Waals surface area contributed by atoms with Crippen molar-refractivity contribution in [2.75, 3.05) is 25.4 Å². The summed E-state index contributed by atoms with van der Waals surface area (Å²) in [6.07, 6.45) is 3.50. The smallest absolute Gasteiger partial charge is 0.240 e. The number of hydrogen-bond acceptors (Lipinski definition) is 5. The standard InChI is InChI=1S/C25H34N4O2S/c1-18-8-13-23(16-24(18)26)32(30,31)28-22-11-9-20(10-12-22)19(2)29-15-14-27-17-25(29)21-6-4-3-5-7-21/h3-8,13,16,20,22,25,27-28H,2,9-12,14-15,17,26H2,1H3/t20?,22?,25-/m1/s1. The molecule has 1 aliphatic heterocycles. The van der Waals surface area contributed by atoms with E-state index in [1.54, 1.807) is 18.2 Å². The molecule has 1 atom stereocenters. The largest absolute Gasteiger partial charge is 0.398 e. The van der Waals surface area contributed by atoms with Crippen LogP contribution >= 0.6 is 0 Å². The maximum absolute atomic E-state index is 12.8. The number of sulfonamides is 1. The predicted molar refractivity (Wildman–Crippen MR) is 130 cm³/mol. The van der Waals surface area contributed by atoms with Gasteiger partial charge < -0.3 is 16.0 Å². The van der Waals surface area contributed by atoms with Crippen molar-refractivity contribution >= 4 is 15.7 Å². The van der Waals surface area contributed by atoms with Crippen LogP contribution in [0.1, 0.15) is 42.9 Å². The van der Waals surface area contributed by atoms with Crippen LogP contribution < -0.4 is 15.8 Å². The van der Waals surface area contributed by atoms with E-state index in [1.807, 2.05) is 13.0 Å². The van der Waals surface area contributed by atoms with Gasteiger partial charge in [-0.25, -0.2) is 13.1 Å². The van der Waals surface area contributed by atoms with Crippen molar-refractivity contribution in [3.05, 3.63) is 71.9 Å². The number of piperazine rings is 1. The molecular formula is C25H34N4O2S. The third-order valence-corrected chi connectivity index (χ3v) is 8.40. The van der Waals surface area contributed by atoms with E-state index in [2.05, 4.69) is 45.8 Å². The topological polar surface area (TPSA) is 87.5 Å². The van der Waals surface area contributed by atoms with E-state index in [0.29, 0.717) is 17.6 Å². The fraction of sp³-hybridized carbons (Fsp3) is 0.440. The molecule has 4 N–H and O–H groups in total. The lowest BCUT2D eigenvalue weighted by Crippen LogP contribution is -2.47. The lowest BCUT2D eigenvalue weighted by Gasteiger charge is -2.43. The van der Waals surface area contributed by atoms with Gasteiger partial charge >= 0.3 is 0 Å². The number of anilines is 1. The van der Waals surface area contributed by atoms with Gasteiger partial charge in [0.2, 0.25) is 10.0 Å². The Labute approximate surface area is 191 Å². The number of aryl methyl sites for hydroxylation is 1. The summed E-state index contributed by atoms with van der Waals surface area (Å²) in [5, 5.41) is 3.51. The molecule has 2 fully saturated rings. The second kappa shape index (κ2) is 9.65. The lowest BCUT2D eigenvalue weighted by molar-refractivity contribution is 0.174. The Morgan fingerprint density at radius 3 is 2.53 bits per heavy atom. The van der Waals surface area contributed by atoms with Crippen molar-refractivity contribution in [1.29, 1.82) is 0 Å². The first-order chi connectivity index (χ1) is 15.3. The minimum Gasteiger partial charge on any atom is -0.398 e. The predicted octanol–water partition coefficient (Wildman–Crippen LogP) is 3.57. The molecule has 1 saturated heterocycles. The molecule has 0 aromatic heterocycles. The molecule has 0 radical (unpaired) electrons. The van der Waals surface area contributed by atoms with Gasteiger partial charge in [-0.05, 0) is 61.8 Å². The molecule has 7 heteroatoms. The minimum absolute atomic E-state index is 0.0560. The molecule has 172 valence electrons. The lowest BCUT2D eigenvalue weighted by atomic mass is 9.83. The van der Waals surface area contributed by atoms with E-state index in [9.17, 15) is 8.42 Å². The SMILES string of the molecule is C=C(C1CCC(NS(=O)(=O)c2ccc(C)c(N)c2)CC1)N1CCNC[C@@H]1c1ccccc1. The fourth-order valence-electron chi connectivity index (χ4n) is 4.87. The Morgan fingerprint density at radius 2 is 1.84 bits per heavy atom. The molecule has 32 heavy (non-hydrogen) atoms. The summed E-state index contributed by atoms with van der Waals surface area (Å²) in [7, 11) is -3.57. The Hall–Kier alpha value is -2.35. The van der Waals surface area contributed by atoms with E-state index < -0.39 is 10.0 Å². The maximum Gasteiger partial charge on any atom is 0.240 e. The van der Waals surface area contributed by atoms with Crippen molar-refractivity contribution in [3.8, 4) is 0 Å². The quantitative estimate of drug-likeness (QED) is 0.581. The van der Waals surface area contributed by atoms with Gasteiger partial charge in [0.05, 0.1) is 10.9 Å². The van der Waals surface area contributed by atoms with Crippen LogP contribution in [0.5, 0.6) is 0 Å². The number of benzene rings is 2. The molecule has 2 aromatic rings. The van der Waals surface area contributed by atoms with Crippen molar-refractivity contribution in [3.63, 3.8) is 0 Å². The molecule has 0 unspecified atom stereocenters. The molecule has 0 spiro atoms. The number of nitrogen functional groups attached to an aromatic ring is 1. The van der Waals surface area contributed by atoms with Crippen LogP contribution in [0.4, 0.5) is 5.69 Å². The average molecular weight is 455 g/mol. The Kier molecular flexibility index (Phi) is 6.88. The molecular weight excluding hydrogens is 420 g/mol. The monoisotopic (exact) mass is 454 g/mol. The number of hydrogen-bond donors (Lipinski definition) is 3. The summed E-state index contributed by atoms with van der Waals surface area (Å²) < 4.78 is 28.5. The normalized spacial score (nSPS) is 24.3. The van der Waals surface area contributed by atoms with E-state index in [1.165, 1.54) is 11.3 Å². The van der Waals surface area contributed by atoms with Crippen LogP contribution in [0.3, 0.4) is 0 Å². The molecule has 6 nitrogen and oxygen atoms in total. The highest BCUT2D eigenvalue weighted by Gasteiger charge is 2.32. The second-order valence-electron chi connectivity index (χ2n) is 9.00. The molecule has 1 saturated carbocycles. The summed E-state index contributed by atoms with van der Waals surface area (Å²) in [5.74, 6) is 0.384. The Morgan fingerprint density at radius 1 is 1.12 bits per heavy atom.